The molecule has 0 saturated heterocycles. The summed E-state index contributed by atoms with van der Waals surface area (Å²) in [5.41, 5.74) is 3.55. The van der Waals surface area contributed by atoms with Gasteiger partial charge in [0, 0.05) is 11.3 Å². The summed E-state index contributed by atoms with van der Waals surface area (Å²) in [6.07, 6.45) is 1.63. The van der Waals surface area contributed by atoms with Crippen molar-refractivity contribution in [1.82, 2.24) is 20.5 Å². The van der Waals surface area contributed by atoms with Crippen molar-refractivity contribution in [3.63, 3.8) is 0 Å². The number of anilines is 2. The lowest BCUT2D eigenvalue weighted by Gasteiger charge is -2.25. The highest BCUT2D eigenvalue weighted by Gasteiger charge is 2.35. The Balaban J connectivity index is 1.66. The maximum absolute atomic E-state index is 13.0. The summed E-state index contributed by atoms with van der Waals surface area (Å²) in [5, 5.41) is 30.6. The van der Waals surface area contributed by atoms with Crippen molar-refractivity contribution < 1.29 is 9.42 Å². The number of nitrogens with zero attached hydrogens (tertiary/aromatic N) is 4. The summed E-state index contributed by atoms with van der Waals surface area (Å²) in [7, 11) is 0. The Hall–Kier alpha value is -4.45. The molecule has 0 saturated carbocycles. The topological polar surface area (TPSA) is 133 Å². The van der Waals surface area contributed by atoms with E-state index in [1.165, 1.54) is 0 Å². The molecule has 3 heterocycles. The molecule has 2 aromatic carbocycles. The van der Waals surface area contributed by atoms with Crippen LogP contribution in [0.1, 0.15) is 17.0 Å². The number of fused-ring (bicyclic) bond motifs is 2. The molecule has 29 heavy (non-hydrogen) atoms. The molecule has 2 aromatic heterocycles. The Morgan fingerprint density at radius 2 is 1.97 bits per heavy atom. The monoisotopic (exact) mass is 383 g/mol. The van der Waals surface area contributed by atoms with Gasteiger partial charge >= 0.3 is 0 Å². The summed E-state index contributed by atoms with van der Waals surface area (Å²) in [5.74, 6) is -0.439. The third kappa shape index (κ3) is 2.71. The summed E-state index contributed by atoms with van der Waals surface area (Å²) in [6, 6.07) is 16.6. The molecule has 0 bridgehead atoms. The first-order chi connectivity index (χ1) is 14.3. The highest BCUT2D eigenvalue weighted by atomic mass is 16.6. The lowest BCUT2D eigenvalue weighted by molar-refractivity contribution is -0.112. The van der Waals surface area contributed by atoms with E-state index in [0.717, 1.165) is 5.56 Å². The van der Waals surface area contributed by atoms with Gasteiger partial charge in [0.05, 0.1) is 23.8 Å². The number of allylic oxidation sites excluding steroid dienone is 1. The van der Waals surface area contributed by atoms with Crippen LogP contribution in [0.15, 0.2) is 70.6 Å². The van der Waals surface area contributed by atoms with E-state index in [1.54, 1.807) is 24.4 Å². The van der Waals surface area contributed by atoms with E-state index in [0.29, 0.717) is 28.1 Å². The van der Waals surface area contributed by atoms with Crippen LogP contribution in [0.3, 0.4) is 0 Å². The Morgan fingerprint density at radius 3 is 2.79 bits per heavy atom. The first-order valence-electron chi connectivity index (χ1n) is 8.78. The van der Waals surface area contributed by atoms with Crippen molar-refractivity contribution >= 4 is 28.4 Å². The average molecular weight is 383 g/mol. The molecule has 0 radical (unpaired) electrons. The molecule has 5 rings (SSSR count). The van der Waals surface area contributed by atoms with Gasteiger partial charge in [0.15, 0.2) is 0 Å². The number of para-hydroxylation sites is 1. The van der Waals surface area contributed by atoms with Crippen LogP contribution in [0.4, 0.5) is 11.5 Å². The molecule has 0 aliphatic carbocycles. The molecule has 140 valence electrons. The van der Waals surface area contributed by atoms with E-state index < -0.39 is 11.8 Å². The van der Waals surface area contributed by atoms with Crippen LogP contribution in [0.5, 0.6) is 0 Å². The lowest BCUT2D eigenvalue weighted by Crippen LogP contribution is -2.27. The van der Waals surface area contributed by atoms with Gasteiger partial charge in [0.1, 0.15) is 22.5 Å². The van der Waals surface area contributed by atoms with E-state index in [-0.39, 0.29) is 11.3 Å². The predicted octanol–water partition coefficient (Wildman–Crippen LogP) is 2.92. The van der Waals surface area contributed by atoms with Crippen molar-refractivity contribution in [2.24, 2.45) is 0 Å². The number of hydrogen-bond acceptors (Lipinski definition) is 7. The van der Waals surface area contributed by atoms with E-state index in [2.05, 4.69) is 37.2 Å². The number of amides is 1. The van der Waals surface area contributed by atoms with Crippen molar-refractivity contribution in [2.75, 3.05) is 10.6 Å². The lowest BCUT2D eigenvalue weighted by atomic mass is 9.82. The molecule has 4 aromatic rings. The molecular weight excluding hydrogens is 370 g/mol. The summed E-state index contributed by atoms with van der Waals surface area (Å²) >= 11 is 0. The quantitative estimate of drug-likeness (QED) is 0.495. The van der Waals surface area contributed by atoms with Crippen LogP contribution in [0.2, 0.25) is 0 Å². The Kier molecular flexibility index (Phi) is 3.81. The molecule has 0 spiro atoms. The number of H-pyrrole nitrogens is 1. The molecule has 1 unspecified atom stereocenters. The number of aromatic amines is 1. The van der Waals surface area contributed by atoms with Crippen molar-refractivity contribution in [1.29, 1.82) is 5.26 Å². The highest BCUT2D eigenvalue weighted by molar-refractivity contribution is 6.07. The standard InChI is InChI=1S/C20H13N7O2/c21-9-13-16(12-7-4-8-15-17(12)27-29-26-15)14-10-22-25-19(14)24-18(13)20(28)23-11-5-2-1-3-6-11/h1-8,10,16H,(H,23,28)(H2,22,24,25). The van der Waals surface area contributed by atoms with Crippen LogP contribution in [-0.4, -0.2) is 26.4 Å². The summed E-state index contributed by atoms with van der Waals surface area (Å²) in [6.45, 7) is 0. The third-order valence-corrected chi connectivity index (χ3v) is 4.80. The van der Waals surface area contributed by atoms with Gasteiger partial charge in [-0.3, -0.25) is 9.89 Å². The molecular formula is C20H13N7O2. The smallest absolute Gasteiger partial charge is 0.273 e. The van der Waals surface area contributed by atoms with Gasteiger partial charge in [-0.25, -0.2) is 4.63 Å². The second-order valence-electron chi connectivity index (χ2n) is 6.46. The third-order valence-electron chi connectivity index (χ3n) is 4.80. The second-order valence-corrected chi connectivity index (χ2v) is 6.46. The van der Waals surface area contributed by atoms with E-state index >= 15 is 0 Å². The highest BCUT2D eigenvalue weighted by Crippen LogP contribution is 2.42. The number of nitrogens with one attached hydrogen (secondary N) is 3. The van der Waals surface area contributed by atoms with E-state index in [9.17, 15) is 10.1 Å². The zero-order chi connectivity index (χ0) is 19.8. The molecule has 1 aliphatic heterocycles. The summed E-state index contributed by atoms with van der Waals surface area (Å²) in [4.78, 5) is 13.0. The molecule has 1 amide bonds. The van der Waals surface area contributed by atoms with Gasteiger partial charge < -0.3 is 10.6 Å². The van der Waals surface area contributed by atoms with Crippen LogP contribution < -0.4 is 10.6 Å². The average Bonchev–Trinajstić information content (AvgIpc) is 3.42. The predicted molar refractivity (Wildman–Crippen MR) is 104 cm³/mol. The number of aromatic nitrogens is 4. The Morgan fingerprint density at radius 1 is 1.10 bits per heavy atom. The SMILES string of the molecule is N#CC1=C(C(=O)Nc2ccccc2)Nc2[nH]ncc2C1c1cccc2nonc12. The van der Waals surface area contributed by atoms with E-state index in [4.69, 9.17) is 4.63 Å². The number of hydrogen-bond donors (Lipinski definition) is 3. The van der Waals surface area contributed by atoms with Crippen molar-refractivity contribution in [2.45, 2.75) is 5.92 Å². The number of carbonyl (C=O) groups excluding carboxylic acids is 1. The molecule has 9 heteroatoms. The zero-order valence-corrected chi connectivity index (χ0v) is 14.9. The first kappa shape index (κ1) is 16.7. The van der Waals surface area contributed by atoms with Crippen LogP contribution >= 0.6 is 0 Å². The largest absolute Gasteiger partial charge is 0.335 e. The molecule has 9 nitrogen and oxygen atoms in total. The van der Waals surface area contributed by atoms with Gasteiger partial charge in [-0.05, 0) is 34.1 Å². The van der Waals surface area contributed by atoms with Crippen LogP contribution in [-0.2, 0) is 4.79 Å². The van der Waals surface area contributed by atoms with E-state index in [1.807, 2.05) is 30.3 Å². The molecule has 1 aliphatic rings. The molecule has 3 N–H and O–H groups in total. The Labute approximate surface area is 164 Å². The van der Waals surface area contributed by atoms with Gasteiger partial charge in [-0.15, -0.1) is 0 Å². The number of rotatable bonds is 3. The maximum atomic E-state index is 13.0. The van der Waals surface area contributed by atoms with Crippen LogP contribution in [0.25, 0.3) is 11.0 Å². The van der Waals surface area contributed by atoms with Gasteiger partial charge in [-0.1, -0.05) is 30.3 Å². The second kappa shape index (κ2) is 6.61. The fraction of sp³-hybridized carbons (Fsp3) is 0.0500. The fourth-order valence-electron chi connectivity index (χ4n) is 3.50. The first-order valence-corrected chi connectivity index (χ1v) is 8.78. The van der Waals surface area contributed by atoms with Gasteiger partial charge in [-0.2, -0.15) is 10.4 Å². The molecule has 1 atom stereocenters. The summed E-state index contributed by atoms with van der Waals surface area (Å²) < 4.78 is 4.87. The fourth-order valence-corrected chi connectivity index (χ4v) is 3.50. The van der Waals surface area contributed by atoms with Gasteiger partial charge in [0.25, 0.3) is 5.91 Å². The zero-order valence-electron chi connectivity index (χ0n) is 14.9. The minimum Gasteiger partial charge on any atom is -0.335 e. The molecule has 0 fully saturated rings. The normalized spacial score (nSPS) is 15.5. The Bertz CT molecular complexity index is 1300. The number of carbonyl (C=O) groups is 1. The van der Waals surface area contributed by atoms with Crippen LogP contribution in [0, 0.1) is 11.3 Å². The minimum atomic E-state index is -0.554. The van der Waals surface area contributed by atoms with Crippen molar-refractivity contribution in [3.05, 3.63) is 77.1 Å². The number of benzene rings is 2. The minimum absolute atomic E-state index is 0.145. The maximum Gasteiger partial charge on any atom is 0.273 e. The van der Waals surface area contributed by atoms with Gasteiger partial charge in [0.2, 0.25) is 0 Å². The van der Waals surface area contributed by atoms with Crippen molar-refractivity contribution in [3.8, 4) is 6.07 Å². The number of nitriles is 1.